The number of carbonyl (C=O) groups is 1. The zero-order chi connectivity index (χ0) is 19.2. The summed E-state index contributed by atoms with van der Waals surface area (Å²) in [5.74, 6) is 2.34. The quantitative estimate of drug-likeness (QED) is 0.434. The zero-order valence-corrected chi connectivity index (χ0v) is 16.3. The lowest BCUT2D eigenvalue weighted by atomic mass is 10.2. The van der Waals surface area contributed by atoms with Crippen molar-refractivity contribution in [2.24, 2.45) is 7.05 Å². The van der Waals surface area contributed by atoms with E-state index < -0.39 is 0 Å². The van der Waals surface area contributed by atoms with E-state index in [1.807, 2.05) is 73.1 Å². The van der Waals surface area contributed by atoms with Gasteiger partial charge in [0, 0.05) is 12.6 Å². The van der Waals surface area contributed by atoms with Gasteiger partial charge in [0.2, 0.25) is 0 Å². The van der Waals surface area contributed by atoms with Crippen LogP contribution in [0.5, 0.6) is 11.5 Å². The van der Waals surface area contributed by atoms with Gasteiger partial charge >= 0.3 is 0 Å². The highest BCUT2D eigenvalue weighted by atomic mass is 32.2. The molecule has 1 atom stereocenters. The fourth-order valence-electron chi connectivity index (χ4n) is 2.60. The first-order valence-corrected chi connectivity index (χ1v) is 9.48. The van der Waals surface area contributed by atoms with Gasteiger partial charge in [-0.1, -0.05) is 54.2 Å². The molecule has 1 aromatic heterocycles. The minimum absolute atomic E-state index is 0.0588. The lowest BCUT2D eigenvalue weighted by Crippen LogP contribution is -2.11. The van der Waals surface area contributed by atoms with Crippen LogP contribution in [0.3, 0.4) is 0 Å². The summed E-state index contributed by atoms with van der Waals surface area (Å²) in [6, 6.07) is 16.7. The van der Waals surface area contributed by atoms with Crippen molar-refractivity contribution in [3.05, 3.63) is 66.0 Å². The van der Waals surface area contributed by atoms with Crippen molar-refractivity contribution in [3.63, 3.8) is 0 Å². The number of Topliss-reactive ketones (excluding diaryl/α,β-unsaturated/α-hetero) is 1. The molecule has 27 heavy (non-hydrogen) atoms. The average molecular weight is 383 g/mol. The average Bonchev–Trinajstić information content (AvgIpc) is 3.07. The van der Waals surface area contributed by atoms with Gasteiger partial charge in [-0.3, -0.25) is 4.79 Å². The Bertz CT molecular complexity index is 912. The Labute approximate surface area is 162 Å². The maximum atomic E-state index is 12.3. The molecule has 0 saturated carbocycles. The summed E-state index contributed by atoms with van der Waals surface area (Å²) in [6.45, 7) is 1.90. The number of aromatic nitrogens is 3. The third-order valence-electron chi connectivity index (χ3n) is 4.03. The molecule has 1 unspecified atom stereocenters. The summed E-state index contributed by atoms with van der Waals surface area (Å²) >= 11 is 1.36. The van der Waals surface area contributed by atoms with Crippen LogP contribution < -0.4 is 9.47 Å². The van der Waals surface area contributed by atoms with Crippen molar-refractivity contribution in [2.75, 3.05) is 12.9 Å². The molecule has 140 valence electrons. The minimum Gasteiger partial charge on any atom is -0.493 e. The smallest absolute Gasteiger partial charge is 0.191 e. The van der Waals surface area contributed by atoms with E-state index in [0.29, 0.717) is 33.8 Å². The molecule has 6 nitrogen and oxygen atoms in total. The first-order valence-electron chi connectivity index (χ1n) is 8.50. The maximum absolute atomic E-state index is 12.3. The fourth-order valence-corrected chi connectivity index (χ4v) is 3.42. The molecule has 0 fully saturated rings. The number of ketones is 1. The second-order valence-corrected chi connectivity index (χ2v) is 6.83. The van der Waals surface area contributed by atoms with Crippen LogP contribution in [-0.2, 0) is 7.05 Å². The third-order valence-corrected chi connectivity index (χ3v) is 5.05. The van der Waals surface area contributed by atoms with Gasteiger partial charge in [-0.2, -0.15) is 0 Å². The summed E-state index contributed by atoms with van der Waals surface area (Å²) in [5, 5.41) is 9.10. The summed E-state index contributed by atoms with van der Waals surface area (Å²) < 4.78 is 13.2. The summed E-state index contributed by atoms with van der Waals surface area (Å²) in [6.07, 6.45) is -0.321. The lowest BCUT2D eigenvalue weighted by molar-refractivity contribution is 0.102. The van der Waals surface area contributed by atoms with Crippen LogP contribution in [0.2, 0.25) is 0 Å². The topological polar surface area (TPSA) is 66.2 Å². The molecule has 2 aromatic carbocycles. The number of hydrogen-bond acceptors (Lipinski definition) is 6. The predicted octanol–water partition coefficient (Wildman–Crippen LogP) is 3.94. The normalized spacial score (nSPS) is 11.8. The molecule has 0 radical (unpaired) electrons. The Kier molecular flexibility index (Phi) is 6.13. The molecular formula is C20H21N3O3S. The molecular weight excluding hydrogens is 362 g/mol. The van der Waals surface area contributed by atoms with Crippen LogP contribution in [-0.4, -0.2) is 33.4 Å². The van der Waals surface area contributed by atoms with E-state index in [2.05, 4.69) is 10.2 Å². The largest absolute Gasteiger partial charge is 0.493 e. The number of carbonyl (C=O) groups excluding carboxylic acids is 1. The highest BCUT2D eigenvalue weighted by Crippen LogP contribution is 2.30. The summed E-state index contributed by atoms with van der Waals surface area (Å²) in [7, 11) is 3.47. The summed E-state index contributed by atoms with van der Waals surface area (Å²) in [5.41, 5.74) is 0.695. The van der Waals surface area contributed by atoms with E-state index in [-0.39, 0.29) is 11.9 Å². The Morgan fingerprint density at radius 1 is 1.07 bits per heavy atom. The Morgan fingerprint density at radius 3 is 2.44 bits per heavy atom. The van der Waals surface area contributed by atoms with Crippen molar-refractivity contribution in [1.82, 2.24) is 14.8 Å². The second-order valence-electron chi connectivity index (χ2n) is 5.89. The van der Waals surface area contributed by atoms with E-state index in [9.17, 15) is 4.79 Å². The Morgan fingerprint density at radius 2 is 1.74 bits per heavy atom. The number of para-hydroxylation sites is 2. The van der Waals surface area contributed by atoms with Gasteiger partial charge < -0.3 is 14.0 Å². The molecule has 7 heteroatoms. The lowest BCUT2D eigenvalue weighted by Gasteiger charge is -2.16. The van der Waals surface area contributed by atoms with Gasteiger partial charge in [0.25, 0.3) is 0 Å². The van der Waals surface area contributed by atoms with Crippen molar-refractivity contribution in [2.45, 2.75) is 18.2 Å². The number of ether oxygens (including phenoxy) is 2. The first kappa shape index (κ1) is 19.0. The van der Waals surface area contributed by atoms with Crippen molar-refractivity contribution < 1.29 is 14.3 Å². The standard InChI is InChI=1S/C20H21N3O3S/c1-14(26-18-12-8-7-11-17(18)25-3)19-21-22-20(23(19)2)27-13-16(24)15-9-5-4-6-10-15/h4-12,14H,13H2,1-3H3. The summed E-state index contributed by atoms with van der Waals surface area (Å²) in [4.78, 5) is 12.3. The van der Waals surface area contributed by atoms with Crippen molar-refractivity contribution >= 4 is 17.5 Å². The highest BCUT2D eigenvalue weighted by Gasteiger charge is 2.19. The second kappa shape index (κ2) is 8.73. The number of nitrogens with zero attached hydrogens (tertiary/aromatic N) is 3. The van der Waals surface area contributed by atoms with Crippen LogP contribution in [0.25, 0.3) is 0 Å². The van der Waals surface area contributed by atoms with Gasteiger partial charge in [0.15, 0.2) is 34.4 Å². The van der Waals surface area contributed by atoms with Gasteiger partial charge in [-0.25, -0.2) is 0 Å². The van der Waals surface area contributed by atoms with Crippen LogP contribution >= 0.6 is 11.8 Å². The molecule has 0 aliphatic carbocycles. The van der Waals surface area contributed by atoms with E-state index in [0.717, 1.165) is 0 Å². The maximum Gasteiger partial charge on any atom is 0.191 e. The van der Waals surface area contributed by atoms with Crippen molar-refractivity contribution in [3.8, 4) is 11.5 Å². The van der Waals surface area contributed by atoms with E-state index in [1.165, 1.54) is 11.8 Å². The van der Waals surface area contributed by atoms with Crippen LogP contribution in [0.4, 0.5) is 0 Å². The number of hydrogen-bond donors (Lipinski definition) is 0. The van der Waals surface area contributed by atoms with Gasteiger partial charge in [0.1, 0.15) is 0 Å². The molecule has 0 N–H and O–H groups in total. The van der Waals surface area contributed by atoms with E-state index in [4.69, 9.17) is 9.47 Å². The molecule has 0 amide bonds. The van der Waals surface area contributed by atoms with Gasteiger partial charge in [-0.05, 0) is 19.1 Å². The number of rotatable bonds is 8. The van der Waals surface area contributed by atoms with Crippen LogP contribution in [0.15, 0.2) is 59.8 Å². The Balaban J connectivity index is 1.66. The molecule has 0 saturated heterocycles. The fraction of sp³-hybridized carbons (Fsp3) is 0.250. The molecule has 1 heterocycles. The van der Waals surface area contributed by atoms with E-state index in [1.54, 1.807) is 7.11 Å². The first-order chi connectivity index (χ1) is 13.1. The molecule has 3 aromatic rings. The predicted molar refractivity (Wildman–Crippen MR) is 105 cm³/mol. The SMILES string of the molecule is COc1ccccc1OC(C)c1nnc(SCC(=O)c2ccccc2)n1C. The van der Waals surface area contributed by atoms with Gasteiger partial charge in [0.05, 0.1) is 12.9 Å². The number of benzene rings is 2. The van der Waals surface area contributed by atoms with Crippen LogP contribution in [0.1, 0.15) is 29.2 Å². The van der Waals surface area contributed by atoms with Crippen molar-refractivity contribution in [1.29, 1.82) is 0 Å². The number of thioether (sulfide) groups is 1. The molecule has 3 rings (SSSR count). The number of methoxy groups -OCH3 is 1. The molecule has 0 bridgehead atoms. The Hall–Kier alpha value is -2.80. The van der Waals surface area contributed by atoms with Gasteiger partial charge in [-0.15, -0.1) is 10.2 Å². The molecule has 0 aliphatic rings. The highest BCUT2D eigenvalue weighted by molar-refractivity contribution is 7.99. The zero-order valence-electron chi connectivity index (χ0n) is 15.5. The third kappa shape index (κ3) is 4.49. The minimum atomic E-state index is -0.321. The van der Waals surface area contributed by atoms with E-state index >= 15 is 0 Å². The van der Waals surface area contributed by atoms with Crippen LogP contribution in [0, 0.1) is 0 Å². The molecule has 0 spiro atoms. The monoisotopic (exact) mass is 383 g/mol. The molecule has 0 aliphatic heterocycles.